The average Bonchev–Trinajstić information content (AvgIpc) is 3.79. The molecule has 10 rings (SSSR count). The molecular formula is C47H31N3O. The minimum absolute atomic E-state index is 0.612. The number of hydrogen-bond donors (Lipinski definition) is 0. The number of rotatable bonds is 6. The second-order valence-corrected chi connectivity index (χ2v) is 12.8. The van der Waals surface area contributed by atoms with Gasteiger partial charge in [-0.1, -0.05) is 121 Å². The van der Waals surface area contributed by atoms with Crippen LogP contribution in [0.1, 0.15) is 0 Å². The van der Waals surface area contributed by atoms with E-state index < -0.39 is 0 Å². The Morgan fingerprint density at radius 3 is 1.69 bits per heavy atom. The van der Waals surface area contributed by atoms with Crippen LogP contribution in [-0.2, 0) is 0 Å². The number of fused-ring (bicyclic) bond motifs is 6. The van der Waals surface area contributed by atoms with Crippen LogP contribution >= 0.6 is 0 Å². The topological polar surface area (TPSA) is 34.2 Å². The first-order valence-electron chi connectivity index (χ1n) is 17.2. The molecule has 0 amide bonds. The maximum Gasteiger partial charge on any atom is 0.227 e. The highest BCUT2D eigenvalue weighted by Gasteiger charge is 2.21. The van der Waals surface area contributed by atoms with Crippen LogP contribution in [0.2, 0.25) is 0 Å². The third kappa shape index (κ3) is 4.88. The van der Waals surface area contributed by atoms with Gasteiger partial charge in [-0.2, -0.15) is 0 Å². The highest BCUT2D eigenvalue weighted by molar-refractivity contribution is 6.12. The lowest BCUT2D eigenvalue weighted by molar-refractivity contribution is 0.620. The fraction of sp³-hybridized carbons (Fsp3) is 0. The average molecular weight is 654 g/mol. The zero-order valence-corrected chi connectivity index (χ0v) is 27.6. The van der Waals surface area contributed by atoms with E-state index in [1.807, 2.05) is 30.3 Å². The molecule has 51 heavy (non-hydrogen) atoms. The molecule has 0 saturated heterocycles. The van der Waals surface area contributed by atoms with Crippen molar-refractivity contribution in [3.05, 3.63) is 188 Å². The van der Waals surface area contributed by atoms with E-state index in [1.165, 1.54) is 27.4 Å². The smallest absolute Gasteiger partial charge is 0.227 e. The monoisotopic (exact) mass is 653 g/mol. The summed E-state index contributed by atoms with van der Waals surface area (Å²) in [5.41, 5.74) is 11.5. The molecule has 0 spiro atoms. The van der Waals surface area contributed by atoms with Gasteiger partial charge in [0.2, 0.25) is 5.89 Å². The molecule has 0 aliphatic heterocycles. The van der Waals surface area contributed by atoms with Crippen LogP contribution in [0.5, 0.6) is 0 Å². The fourth-order valence-corrected chi connectivity index (χ4v) is 7.46. The summed E-state index contributed by atoms with van der Waals surface area (Å²) in [4.78, 5) is 7.35. The van der Waals surface area contributed by atoms with Crippen LogP contribution in [0.15, 0.2) is 192 Å². The lowest BCUT2D eigenvalue weighted by Crippen LogP contribution is -2.11. The third-order valence-corrected chi connectivity index (χ3v) is 9.80. The molecule has 8 aromatic carbocycles. The van der Waals surface area contributed by atoms with Crippen LogP contribution < -0.4 is 4.90 Å². The summed E-state index contributed by atoms with van der Waals surface area (Å²) in [5.74, 6) is 0.612. The molecule has 0 fully saturated rings. The molecule has 4 nitrogen and oxygen atoms in total. The summed E-state index contributed by atoms with van der Waals surface area (Å²) in [5, 5.41) is 4.63. The van der Waals surface area contributed by atoms with E-state index in [4.69, 9.17) is 9.40 Å². The van der Waals surface area contributed by atoms with Crippen molar-refractivity contribution in [2.45, 2.75) is 0 Å². The van der Waals surface area contributed by atoms with Crippen LogP contribution in [0.25, 0.3) is 71.9 Å². The maximum absolute atomic E-state index is 6.53. The molecule has 0 unspecified atom stereocenters. The van der Waals surface area contributed by atoms with Crippen LogP contribution in [0.4, 0.5) is 17.1 Å². The standard InChI is InChI=1S/C47H31N3O/c1-3-14-32(15-4-1)34-18-13-19-37(30-34)49(35-26-28-36(29-27-35)50-42-24-11-9-20-38(42)39-21-10-12-25-43(39)50)44-31-45-46(41-23-8-7-22-40(41)44)48-47(51-45)33-16-5-2-6-17-33/h1-31H. The molecule has 10 aromatic rings. The van der Waals surface area contributed by atoms with Gasteiger partial charge in [0.25, 0.3) is 0 Å². The van der Waals surface area contributed by atoms with Crippen molar-refractivity contribution in [1.29, 1.82) is 0 Å². The summed E-state index contributed by atoms with van der Waals surface area (Å²) in [7, 11) is 0. The number of nitrogens with zero attached hydrogens (tertiary/aromatic N) is 3. The number of aromatic nitrogens is 2. The molecular weight excluding hydrogens is 623 g/mol. The molecule has 4 heteroatoms. The number of benzene rings is 8. The summed E-state index contributed by atoms with van der Waals surface area (Å²) in [6.45, 7) is 0. The van der Waals surface area contributed by atoms with Gasteiger partial charge in [-0.05, 0) is 71.8 Å². The summed E-state index contributed by atoms with van der Waals surface area (Å²) in [6.07, 6.45) is 0. The Kier molecular flexibility index (Phi) is 6.78. The van der Waals surface area contributed by atoms with E-state index in [2.05, 4.69) is 167 Å². The Bertz CT molecular complexity index is 2800. The summed E-state index contributed by atoms with van der Waals surface area (Å²) < 4.78 is 8.88. The maximum atomic E-state index is 6.53. The van der Waals surface area contributed by atoms with Gasteiger partial charge in [-0.25, -0.2) is 4.98 Å². The van der Waals surface area contributed by atoms with Crippen molar-refractivity contribution in [3.8, 4) is 28.3 Å². The second-order valence-electron chi connectivity index (χ2n) is 12.8. The number of para-hydroxylation sites is 2. The van der Waals surface area contributed by atoms with E-state index >= 15 is 0 Å². The van der Waals surface area contributed by atoms with Gasteiger partial charge in [0.1, 0.15) is 5.52 Å². The number of anilines is 3. The molecule has 2 heterocycles. The van der Waals surface area contributed by atoms with Gasteiger partial charge in [0, 0.05) is 50.2 Å². The quantitative estimate of drug-likeness (QED) is 0.179. The van der Waals surface area contributed by atoms with Crippen LogP contribution in [0, 0.1) is 0 Å². The predicted molar refractivity (Wildman–Crippen MR) is 211 cm³/mol. The van der Waals surface area contributed by atoms with Crippen molar-refractivity contribution in [1.82, 2.24) is 9.55 Å². The van der Waals surface area contributed by atoms with E-state index in [0.29, 0.717) is 5.89 Å². The van der Waals surface area contributed by atoms with Crippen molar-refractivity contribution in [3.63, 3.8) is 0 Å². The molecule has 0 aliphatic carbocycles. The summed E-state index contributed by atoms with van der Waals surface area (Å²) >= 11 is 0. The Balaban J connectivity index is 1.19. The lowest BCUT2D eigenvalue weighted by atomic mass is 10.0. The third-order valence-electron chi connectivity index (χ3n) is 9.80. The van der Waals surface area contributed by atoms with Crippen molar-refractivity contribution >= 4 is 60.7 Å². The molecule has 0 atom stereocenters. The van der Waals surface area contributed by atoms with Gasteiger partial charge in [0.05, 0.1) is 16.7 Å². The van der Waals surface area contributed by atoms with Crippen LogP contribution in [-0.4, -0.2) is 9.55 Å². The molecule has 240 valence electrons. The van der Waals surface area contributed by atoms with Gasteiger partial charge < -0.3 is 13.9 Å². The zero-order chi connectivity index (χ0) is 33.7. The van der Waals surface area contributed by atoms with Gasteiger partial charge >= 0.3 is 0 Å². The van der Waals surface area contributed by atoms with E-state index in [0.717, 1.165) is 55.7 Å². The van der Waals surface area contributed by atoms with Crippen molar-refractivity contribution < 1.29 is 4.42 Å². The van der Waals surface area contributed by atoms with Crippen molar-refractivity contribution in [2.75, 3.05) is 4.90 Å². The van der Waals surface area contributed by atoms with Crippen molar-refractivity contribution in [2.24, 2.45) is 0 Å². The molecule has 0 radical (unpaired) electrons. The molecule has 2 aromatic heterocycles. The van der Waals surface area contributed by atoms with Gasteiger partial charge in [-0.3, -0.25) is 0 Å². The van der Waals surface area contributed by atoms with E-state index in [1.54, 1.807) is 0 Å². The molecule has 0 aliphatic rings. The minimum Gasteiger partial charge on any atom is -0.436 e. The number of hydrogen-bond acceptors (Lipinski definition) is 3. The lowest BCUT2D eigenvalue weighted by Gasteiger charge is -2.27. The first kappa shape index (κ1) is 29.0. The SMILES string of the molecule is c1ccc(-c2cccc(N(c3ccc(-n4c5ccccc5c5ccccc54)cc3)c3cc4oc(-c5ccccc5)nc4c4ccccc34)c2)cc1. The normalized spacial score (nSPS) is 11.5. The van der Waals surface area contributed by atoms with Gasteiger partial charge in [-0.15, -0.1) is 0 Å². The highest BCUT2D eigenvalue weighted by Crippen LogP contribution is 2.44. The minimum atomic E-state index is 0.612. The molecule has 0 saturated carbocycles. The predicted octanol–water partition coefficient (Wildman–Crippen LogP) is 12.9. The zero-order valence-electron chi connectivity index (χ0n) is 27.6. The fourth-order valence-electron chi connectivity index (χ4n) is 7.46. The Morgan fingerprint density at radius 1 is 0.431 bits per heavy atom. The molecule has 0 bridgehead atoms. The first-order chi connectivity index (χ1) is 25.3. The summed E-state index contributed by atoms with van der Waals surface area (Å²) in [6, 6.07) is 66.2. The Morgan fingerprint density at radius 2 is 1.00 bits per heavy atom. The largest absolute Gasteiger partial charge is 0.436 e. The van der Waals surface area contributed by atoms with Crippen LogP contribution in [0.3, 0.4) is 0 Å². The number of oxazole rings is 1. The van der Waals surface area contributed by atoms with E-state index in [-0.39, 0.29) is 0 Å². The highest BCUT2D eigenvalue weighted by atomic mass is 16.3. The van der Waals surface area contributed by atoms with E-state index in [9.17, 15) is 0 Å². The first-order valence-corrected chi connectivity index (χ1v) is 17.2. The molecule has 0 N–H and O–H groups in total. The van der Waals surface area contributed by atoms with Gasteiger partial charge in [0.15, 0.2) is 5.58 Å². The second kappa shape index (κ2) is 11.9. The Hall–Kier alpha value is -6.91. The Labute approximate surface area is 295 Å².